The second kappa shape index (κ2) is 13.6. The molecule has 23 heavy (non-hydrogen) atoms. The molecule has 6 heteroatoms. The first-order valence-electron chi connectivity index (χ1n) is 9.34. The highest BCUT2D eigenvalue weighted by Crippen LogP contribution is 2.03. The van der Waals surface area contributed by atoms with Crippen LogP contribution in [0.2, 0.25) is 0 Å². The van der Waals surface area contributed by atoms with Gasteiger partial charge in [-0.25, -0.2) is 0 Å². The summed E-state index contributed by atoms with van der Waals surface area (Å²) in [5.74, 6) is 0.906. The van der Waals surface area contributed by atoms with Crippen molar-refractivity contribution in [1.29, 1.82) is 0 Å². The van der Waals surface area contributed by atoms with Crippen LogP contribution in [0.1, 0.15) is 33.6 Å². The topological polar surface area (TPSA) is 52.1 Å². The zero-order valence-electron chi connectivity index (χ0n) is 15.4. The number of rotatable bonds is 11. The van der Waals surface area contributed by atoms with Crippen LogP contribution in [0.4, 0.5) is 0 Å². The van der Waals surface area contributed by atoms with E-state index in [1.807, 2.05) is 6.92 Å². The van der Waals surface area contributed by atoms with E-state index in [4.69, 9.17) is 4.74 Å². The van der Waals surface area contributed by atoms with Crippen LogP contribution < -0.4 is 10.6 Å². The predicted molar refractivity (Wildman–Crippen MR) is 98.3 cm³/mol. The number of ether oxygens (including phenoxy) is 1. The monoisotopic (exact) mass is 327 g/mol. The molecule has 2 N–H and O–H groups in total. The van der Waals surface area contributed by atoms with E-state index in [2.05, 4.69) is 39.3 Å². The number of nitrogens with one attached hydrogen (secondary N) is 2. The fourth-order valence-corrected chi connectivity index (χ4v) is 2.69. The Bertz CT molecular complexity index is 303. The maximum absolute atomic E-state index is 5.33. The van der Waals surface area contributed by atoms with E-state index in [9.17, 15) is 0 Å². The lowest BCUT2D eigenvalue weighted by molar-refractivity contribution is 0.136. The summed E-state index contributed by atoms with van der Waals surface area (Å²) in [5, 5.41) is 6.58. The van der Waals surface area contributed by atoms with Gasteiger partial charge in [-0.15, -0.1) is 0 Å². The van der Waals surface area contributed by atoms with Crippen molar-refractivity contribution < 1.29 is 4.74 Å². The molecule has 136 valence electrons. The van der Waals surface area contributed by atoms with Crippen LogP contribution in [-0.4, -0.2) is 87.9 Å². The van der Waals surface area contributed by atoms with Crippen molar-refractivity contribution in [3.8, 4) is 0 Å². The first-order chi connectivity index (χ1) is 11.3. The third-order valence-corrected chi connectivity index (χ3v) is 4.15. The zero-order valence-corrected chi connectivity index (χ0v) is 15.4. The first-order valence-corrected chi connectivity index (χ1v) is 9.34. The normalized spacial score (nSPS) is 17.4. The fourth-order valence-electron chi connectivity index (χ4n) is 2.69. The minimum absolute atomic E-state index is 0.727. The summed E-state index contributed by atoms with van der Waals surface area (Å²) in [6, 6.07) is 0. The fraction of sp³-hybridized carbons (Fsp3) is 0.941. The largest absolute Gasteiger partial charge is 0.380 e. The van der Waals surface area contributed by atoms with Crippen molar-refractivity contribution in [3.63, 3.8) is 0 Å². The molecule has 0 aliphatic carbocycles. The van der Waals surface area contributed by atoms with Gasteiger partial charge in [-0.05, 0) is 39.8 Å². The Kier molecular flexibility index (Phi) is 11.9. The van der Waals surface area contributed by atoms with E-state index in [0.717, 1.165) is 45.2 Å². The van der Waals surface area contributed by atoms with Crippen molar-refractivity contribution >= 4 is 5.96 Å². The molecule has 0 bridgehead atoms. The van der Waals surface area contributed by atoms with E-state index in [1.165, 1.54) is 45.7 Å². The van der Waals surface area contributed by atoms with Gasteiger partial charge in [0.15, 0.2) is 5.96 Å². The van der Waals surface area contributed by atoms with E-state index in [1.54, 1.807) is 0 Å². The maximum atomic E-state index is 5.33. The van der Waals surface area contributed by atoms with Crippen LogP contribution in [0.15, 0.2) is 4.99 Å². The number of piperazine rings is 1. The highest BCUT2D eigenvalue weighted by atomic mass is 16.5. The van der Waals surface area contributed by atoms with Gasteiger partial charge in [0.05, 0.1) is 6.61 Å². The molecule has 0 amide bonds. The van der Waals surface area contributed by atoms with Gasteiger partial charge in [0.1, 0.15) is 0 Å². The molecule has 0 aromatic carbocycles. The Balaban J connectivity index is 2.09. The van der Waals surface area contributed by atoms with E-state index < -0.39 is 0 Å². The molecule has 1 rings (SSSR count). The van der Waals surface area contributed by atoms with Crippen molar-refractivity contribution in [2.75, 3.05) is 72.1 Å². The van der Waals surface area contributed by atoms with Crippen molar-refractivity contribution in [3.05, 3.63) is 0 Å². The van der Waals surface area contributed by atoms with Gasteiger partial charge in [-0.2, -0.15) is 0 Å². The number of unbranched alkanes of at least 4 members (excludes halogenated alkanes) is 1. The summed E-state index contributed by atoms with van der Waals surface area (Å²) in [6.45, 7) is 17.7. The Hall–Kier alpha value is -0.850. The van der Waals surface area contributed by atoms with Crippen LogP contribution in [0.25, 0.3) is 0 Å². The van der Waals surface area contributed by atoms with Gasteiger partial charge in [-0.1, -0.05) is 6.92 Å². The average Bonchev–Trinajstić information content (AvgIpc) is 2.58. The summed E-state index contributed by atoms with van der Waals surface area (Å²) in [5.41, 5.74) is 0. The number of guanidine groups is 1. The molecule has 0 atom stereocenters. The summed E-state index contributed by atoms with van der Waals surface area (Å²) in [7, 11) is 0. The maximum Gasteiger partial charge on any atom is 0.191 e. The number of likely N-dealkylation sites (N-methyl/N-ethyl adjacent to an activating group) is 1. The summed E-state index contributed by atoms with van der Waals surface area (Å²) in [6.07, 6.45) is 2.38. The SMILES string of the molecule is CCNC(=NCCCCN1CCN(CC)CC1)NCCOCC. The number of hydrogen-bond donors (Lipinski definition) is 2. The lowest BCUT2D eigenvalue weighted by Gasteiger charge is -2.33. The molecular formula is C17H37N5O. The molecule has 1 fully saturated rings. The quantitative estimate of drug-likeness (QED) is 0.337. The Morgan fingerprint density at radius 2 is 1.74 bits per heavy atom. The van der Waals surface area contributed by atoms with Gasteiger partial charge in [0.2, 0.25) is 0 Å². The summed E-state index contributed by atoms with van der Waals surface area (Å²) in [4.78, 5) is 9.74. The Labute approximate surface area is 142 Å². The van der Waals surface area contributed by atoms with E-state index in [-0.39, 0.29) is 0 Å². The lowest BCUT2D eigenvalue weighted by atomic mass is 10.2. The first kappa shape index (κ1) is 20.2. The van der Waals surface area contributed by atoms with E-state index >= 15 is 0 Å². The van der Waals surface area contributed by atoms with Crippen molar-refractivity contribution in [2.24, 2.45) is 4.99 Å². The molecule has 1 heterocycles. The van der Waals surface area contributed by atoms with Crippen LogP contribution in [0.3, 0.4) is 0 Å². The van der Waals surface area contributed by atoms with Gasteiger partial charge in [0, 0.05) is 52.4 Å². The smallest absolute Gasteiger partial charge is 0.191 e. The number of aliphatic imine (C=N–C) groups is 1. The highest BCUT2D eigenvalue weighted by Gasteiger charge is 2.14. The van der Waals surface area contributed by atoms with Crippen molar-refractivity contribution in [2.45, 2.75) is 33.6 Å². The Morgan fingerprint density at radius 1 is 1.00 bits per heavy atom. The average molecular weight is 328 g/mol. The molecule has 0 aromatic heterocycles. The standard InChI is InChI=1S/C17H37N5O/c1-4-18-17(20-10-16-23-6-3)19-9-7-8-11-22-14-12-21(5-2)13-15-22/h4-16H2,1-3H3,(H2,18,19,20). The highest BCUT2D eigenvalue weighted by molar-refractivity contribution is 5.79. The molecule has 1 aliphatic heterocycles. The van der Waals surface area contributed by atoms with E-state index in [0.29, 0.717) is 0 Å². The minimum Gasteiger partial charge on any atom is -0.380 e. The number of hydrogen-bond acceptors (Lipinski definition) is 4. The van der Waals surface area contributed by atoms with Crippen LogP contribution >= 0.6 is 0 Å². The van der Waals surface area contributed by atoms with Crippen molar-refractivity contribution in [1.82, 2.24) is 20.4 Å². The third-order valence-electron chi connectivity index (χ3n) is 4.15. The molecule has 0 unspecified atom stereocenters. The zero-order chi connectivity index (χ0) is 16.8. The van der Waals surface area contributed by atoms with Gasteiger partial charge < -0.3 is 25.2 Å². The third kappa shape index (κ3) is 9.79. The molecule has 0 spiro atoms. The minimum atomic E-state index is 0.727. The van der Waals surface area contributed by atoms with Gasteiger partial charge in [0.25, 0.3) is 0 Å². The molecule has 6 nitrogen and oxygen atoms in total. The lowest BCUT2D eigenvalue weighted by Crippen LogP contribution is -2.46. The Morgan fingerprint density at radius 3 is 2.39 bits per heavy atom. The van der Waals surface area contributed by atoms with Crippen LogP contribution in [-0.2, 0) is 4.74 Å². The molecule has 1 saturated heterocycles. The second-order valence-electron chi connectivity index (χ2n) is 5.87. The van der Waals surface area contributed by atoms with Gasteiger partial charge >= 0.3 is 0 Å². The van der Waals surface area contributed by atoms with Crippen LogP contribution in [0.5, 0.6) is 0 Å². The summed E-state index contributed by atoms with van der Waals surface area (Å²) >= 11 is 0. The second-order valence-corrected chi connectivity index (χ2v) is 5.87. The molecule has 1 aliphatic rings. The summed E-state index contributed by atoms with van der Waals surface area (Å²) < 4.78 is 5.33. The van der Waals surface area contributed by atoms with Crippen LogP contribution in [0, 0.1) is 0 Å². The molecule has 0 saturated carbocycles. The predicted octanol–water partition coefficient (Wildman–Crippen LogP) is 0.996. The molecular weight excluding hydrogens is 290 g/mol. The number of nitrogens with zero attached hydrogens (tertiary/aromatic N) is 3. The molecule has 0 aromatic rings. The van der Waals surface area contributed by atoms with Gasteiger partial charge in [-0.3, -0.25) is 4.99 Å². The molecule has 0 radical (unpaired) electrons.